The van der Waals surface area contributed by atoms with Crippen LogP contribution in [-0.4, -0.2) is 25.9 Å². The molecule has 1 aliphatic heterocycles. The molecule has 2 nitrogen and oxygen atoms in total. The average molecular weight is 259 g/mol. The Morgan fingerprint density at radius 3 is 2.47 bits per heavy atom. The van der Waals surface area contributed by atoms with Crippen LogP contribution in [0.4, 0.5) is 4.39 Å². The number of rotatable bonds is 2. The Bertz CT molecular complexity index is 379. The minimum Gasteiger partial charge on any atom is -0.376 e. The van der Waals surface area contributed by atoms with E-state index in [2.05, 4.69) is 0 Å². The number of hydrogen-bond acceptors (Lipinski definition) is 2. The van der Waals surface area contributed by atoms with Gasteiger partial charge in [-0.05, 0) is 42.7 Å². The molecule has 4 heteroatoms. The van der Waals surface area contributed by atoms with Gasteiger partial charge in [0, 0.05) is 0 Å². The molecule has 1 aromatic carbocycles. The van der Waals surface area contributed by atoms with Crippen LogP contribution in [0.5, 0.6) is 0 Å². The molecule has 2 atom stereocenters. The number of alkyl halides is 1. The second-order valence-corrected chi connectivity index (χ2v) is 4.81. The van der Waals surface area contributed by atoms with Crippen LogP contribution in [0.1, 0.15) is 22.1 Å². The van der Waals surface area contributed by atoms with Gasteiger partial charge in [0.15, 0.2) is 0 Å². The second-order valence-electron chi connectivity index (χ2n) is 4.34. The van der Waals surface area contributed by atoms with Gasteiger partial charge in [-0.15, -0.1) is 11.6 Å². The quantitative estimate of drug-likeness (QED) is 0.759. The maximum absolute atomic E-state index is 13.2. The lowest BCUT2D eigenvalue weighted by molar-refractivity contribution is -0.0893. The Labute approximate surface area is 106 Å². The summed E-state index contributed by atoms with van der Waals surface area (Å²) in [5.74, 6) is -0.228. The van der Waals surface area contributed by atoms with E-state index in [4.69, 9.17) is 21.1 Å². The van der Waals surface area contributed by atoms with Crippen LogP contribution < -0.4 is 0 Å². The minimum atomic E-state index is -0.295. The van der Waals surface area contributed by atoms with E-state index in [-0.39, 0.29) is 17.3 Å². The lowest BCUT2D eigenvalue weighted by atomic mass is 9.96. The normalized spacial score (nSPS) is 22.5. The SMILES string of the molecule is Cc1cc(F)cc(C)c1C(Cl)C1COCCO1. The fourth-order valence-corrected chi connectivity index (χ4v) is 2.71. The van der Waals surface area contributed by atoms with Crippen LogP contribution in [0.15, 0.2) is 12.1 Å². The van der Waals surface area contributed by atoms with E-state index in [0.717, 1.165) is 16.7 Å². The Hall–Kier alpha value is -0.640. The Morgan fingerprint density at radius 2 is 1.94 bits per heavy atom. The molecule has 2 rings (SSSR count). The first-order valence-electron chi connectivity index (χ1n) is 5.69. The molecule has 0 N–H and O–H groups in total. The Morgan fingerprint density at radius 1 is 1.29 bits per heavy atom. The van der Waals surface area contributed by atoms with Crippen LogP contribution in [0, 0.1) is 19.7 Å². The predicted molar refractivity (Wildman–Crippen MR) is 65.0 cm³/mol. The number of aryl methyl sites for hydroxylation is 2. The molecule has 0 aliphatic carbocycles. The maximum atomic E-state index is 13.2. The third kappa shape index (κ3) is 2.79. The first-order chi connectivity index (χ1) is 8.09. The van der Waals surface area contributed by atoms with Crippen molar-refractivity contribution in [3.63, 3.8) is 0 Å². The highest BCUT2D eigenvalue weighted by Crippen LogP contribution is 2.33. The summed E-state index contributed by atoms with van der Waals surface area (Å²) in [6.07, 6.45) is -0.159. The van der Waals surface area contributed by atoms with E-state index in [1.807, 2.05) is 13.8 Å². The fourth-order valence-electron chi connectivity index (χ4n) is 2.22. The van der Waals surface area contributed by atoms with Crippen molar-refractivity contribution in [3.8, 4) is 0 Å². The third-order valence-electron chi connectivity index (χ3n) is 3.00. The van der Waals surface area contributed by atoms with E-state index in [9.17, 15) is 4.39 Å². The predicted octanol–water partition coefficient (Wildman–Crippen LogP) is 3.14. The van der Waals surface area contributed by atoms with Gasteiger partial charge in [0.25, 0.3) is 0 Å². The van der Waals surface area contributed by atoms with E-state index in [1.54, 1.807) is 0 Å². The highest BCUT2D eigenvalue weighted by molar-refractivity contribution is 6.21. The maximum Gasteiger partial charge on any atom is 0.123 e. The average Bonchev–Trinajstić information content (AvgIpc) is 2.28. The summed E-state index contributed by atoms with van der Waals surface area (Å²) in [5.41, 5.74) is 2.66. The highest BCUT2D eigenvalue weighted by Gasteiger charge is 2.27. The smallest absolute Gasteiger partial charge is 0.123 e. The zero-order valence-corrected chi connectivity index (χ0v) is 10.8. The zero-order chi connectivity index (χ0) is 12.4. The number of hydrogen-bond donors (Lipinski definition) is 0. The van der Waals surface area contributed by atoms with Gasteiger partial charge >= 0.3 is 0 Å². The molecule has 0 bridgehead atoms. The van der Waals surface area contributed by atoms with Crippen molar-refractivity contribution >= 4 is 11.6 Å². The van der Waals surface area contributed by atoms with E-state index in [0.29, 0.717) is 19.8 Å². The topological polar surface area (TPSA) is 18.5 Å². The molecule has 1 heterocycles. The van der Waals surface area contributed by atoms with Crippen molar-refractivity contribution in [1.82, 2.24) is 0 Å². The lowest BCUT2D eigenvalue weighted by Gasteiger charge is -2.28. The molecule has 0 saturated carbocycles. The number of benzene rings is 1. The van der Waals surface area contributed by atoms with Gasteiger partial charge in [0.1, 0.15) is 11.9 Å². The minimum absolute atomic E-state index is 0.159. The van der Waals surface area contributed by atoms with Gasteiger partial charge < -0.3 is 9.47 Å². The van der Waals surface area contributed by atoms with Crippen molar-refractivity contribution < 1.29 is 13.9 Å². The highest BCUT2D eigenvalue weighted by atomic mass is 35.5. The summed E-state index contributed by atoms with van der Waals surface area (Å²) >= 11 is 6.42. The van der Waals surface area contributed by atoms with Gasteiger partial charge in [0.05, 0.1) is 25.2 Å². The second kappa shape index (κ2) is 5.34. The van der Waals surface area contributed by atoms with Crippen molar-refractivity contribution in [2.45, 2.75) is 25.3 Å². The van der Waals surface area contributed by atoms with Crippen molar-refractivity contribution in [3.05, 3.63) is 34.6 Å². The van der Waals surface area contributed by atoms with Crippen LogP contribution in [0.2, 0.25) is 0 Å². The summed E-state index contributed by atoms with van der Waals surface area (Å²) in [5, 5.41) is -0.295. The summed E-state index contributed by atoms with van der Waals surface area (Å²) in [4.78, 5) is 0. The largest absolute Gasteiger partial charge is 0.376 e. The first-order valence-corrected chi connectivity index (χ1v) is 6.13. The van der Waals surface area contributed by atoms with Crippen LogP contribution >= 0.6 is 11.6 Å². The molecule has 17 heavy (non-hydrogen) atoms. The van der Waals surface area contributed by atoms with E-state index < -0.39 is 0 Å². The van der Waals surface area contributed by atoms with Crippen molar-refractivity contribution in [2.75, 3.05) is 19.8 Å². The van der Waals surface area contributed by atoms with Gasteiger partial charge in [-0.1, -0.05) is 0 Å². The van der Waals surface area contributed by atoms with E-state index >= 15 is 0 Å². The lowest BCUT2D eigenvalue weighted by Crippen LogP contribution is -2.32. The number of halogens is 2. The molecule has 2 unspecified atom stereocenters. The van der Waals surface area contributed by atoms with Gasteiger partial charge in [-0.3, -0.25) is 0 Å². The molecule has 0 spiro atoms. The van der Waals surface area contributed by atoms with Crippen molar-refractivity contribution in [1.29, 1.82) is 0 Å². The molecular weight excluding hydrogens is 243 g/mol. The standard InChI is InChI=1S/C13H16ClFO2/c1-8-5-10(15)6-9(2)12(8)13(14)11-7-16-3-4-17-11/h5-6,11,13H,3-4,7H2,1-2H3. The first kappa shape index (κ1) is 12.8. The Balaban J connectivity index is 2.26. The monoisotopic (exact) mass is 258 g/mol. The fraction of sp³-hybridized carbons (Fsp3) is 0.538. The van der Waals surface area contributed by atoms with Crippen LogP contribution in [0.25, 0.3) is 0 Å². The van der Waals surface area contributed by atoms with Gasteiger partial charge in [0.2, 0.25) is 0 Å². The van der Waals surface area contributed by atoms with Gasteiger partial charge in [-0.25, -0.2) is 4.39 Å². The molecular formula is C13H16ClFO2. The van der Waals surface area contributed by atoms with Gasteiger partial charge in [-0.2, -0.15) is 0 Å². The van der Waals surface area contributed by atoms with Crippen LogP contribution in [-0.2, 0) is 9.47 Å². The Kier molecular flexibility index (Phi) is 4.02. The summed E-state index contributed by atoms with van der Waals surface area (Å²) in [6.45, 7) is 5.40. The molecule has 1 aromatic rings. The summed E-state index contributed by atoms with van der Waals surface area (Å²) in [7, 11) is 0. The molecule has 0 amide bonds. The van der Waals surface area contributed by atoms with Crippen molar-refractivity contribution in [2.24, 2.45) is 0 Å². The summed E-state index contributed by atoms with van der Waals surface area (Å²) in [6, 6.07) is 3.00. The zero-order valence-electron chi connectivity index (χ0n) is 10.0. The van der Waals surface area contributed by atoms with Crippen LogP contribution in [0.3, 0.4) is 0 Å². The molecule has 0 radical (unpaired) electrons. The number of ether oxygens (including phenoxy) is 2. The molecule has 94 valence electrons. The third-order valence-corrected chi connectivity index (χ3v) is 3.50. The molecule has 1 fully saturated rings. The molecule has 1 aliphatic rings. The summed E-state index contributed by atoms with van der Waals surface area (Å²) < 4.78 is 24.1. The molecule has 1 saturated heterocycles. The van der Waals surface area contributed by atoms with E-state index in [1.165, 1.54) is 12.1 Å². The molecule has 0 aromatic heterocycles.